The van der Waals surface area contributed by atoms with Crippen LogP contribution < -0.4 is 0 Å². The normalized spacial score (nSPS) is 14.9. The third kappa shape index (κ3) is 6.21. The van der Waals surface area contributed by atoms with Crippen LogP contribution in [0.2, 0.25) is 16.6 Å². The van der Waals surface area contributed by atoms with E-state index < -0.39 is 13.7 Å². The molecule has 5 heteroatoms. The Morgan fingerprint density at radius 1 is 0.960 bits per heavy atom. The fourth-order valence-corrected chi connectivity index (χ4v) is 9.58. The van der Waals surface area contributed by atoms with Gasteiger partial charge in [-0.1, -0.05) is 48.5 Å². The van der Waals surface area contributed by atoms with Crippen LogP contribution in [0.1, 0.15) is 81.1 Å². The summed E-state index contributed by atoms with van der Waals surface area (Å²) < 4.78 is 11.6. The number of carbonyl (C=O) groups is 2. The van der Waals surface area contributed by atoms with Gasteiger partial charge in [-0.25, -0.2) is 0 Å². The summed E-state index contributed by atoms with van der Waals surface area (Å²) >= 11 is 0. The van der Waals surface area contributed by atoms with Gasteiger partial charge in [0.1, 0.15) is 5.78 Å². The summed E-state index contributed by atoms with van der Waals surface area (Å²) in [5.41, 5.74) is 0.876. The highest BCUT2D eigenvalue weighted by atomic mass is 28.4. The number of ether oxygens (including phenoxy) is 1. The van der Waals surface area contributed by atoms with Crippen molar-refractivity contribution in [3.63, 3.8) is 0 Å². The molecule has 4 nitrogen and oxygen atoms in total. The molecule has 0 aromatic carbocycles. The van der Waals surface area contributed by atoms with Gasteiger partial charge in [0.05, 0.1) is 12.5 Å². The molecule has 0 saturated heterocycles. The third-order valence-electron chi connectivity index (χ3n) is 5.74. The van der Waals surface area contributed by atoms with Gasteiger partial charge in [0.15, 0.2) is 8.32 Å². The molecule has 0 saturated carbocycles. The SMILES string of the molecule is CCC(=O)CC[C@](C)(CCO[Si](C(C)C)(C(C)C)C(C)C)C(=O)OC. The average Bonchev–Trinajstić information content (AvgIpc) is 2.54. The second-order valence-electron chi connectivity index (χ2n) is 8.36. The molecular weight excluding hydrogens is 332 g/mol. The monoisotopic (exact) mass is 372 g/mol. The summed E-state index contributed by atoms with van der Waals surface area (Å²) in [7, 11) is -0.528. The zero-order chi connectivity index (χ0) is 19.8. The molecule has 0 spiro atoms. The van der Waals surface area contributed by atoms with E-state index in [1.165, 1.54) is 7.11 Å². The lowest BCUT2D eigenvalue weighted by Gasteiger charge is -2.42. The number of hydrogen-bond acceptors (Lipinski definition) is 4. The third-order valence-corrected chi connectivity index (χ3v) is 11.9. The molecule has 0 aromatic rings. The number of carbonyl (C=O) groups excluding carboxylic acids is 2. The molecule has 0 fully saturated rings. The van der Waals surface area contributed by atoms with Crippen LogP contribution >= 0.6 is 0 Å². The van der Waals surface area contributed by atoms with Crippen LogP contribution in [0, 0.1) is 5.41 Å². The largest absolute Gasteiger partial charge is 0.469 e. The second-order valence-corrected chi connectivity index (χ2v) is 13.8. The summed E-state index contributed by atoms with van der Waals surface area (Å²) in [5.74, 6) is -0.0581. The Morgan fingerprint density at radius 2 is 1.44 bits per heavy atom. The molecule has 0 aromatic heterocycles. The maximum Gasteiger partial charge on any atom is 0.311 e. The minimum atomic E-state index is -1.94. The van der Waals surface area contributed by atoms with Crippen molar-refractivity contribution in [3.05, 3.63) is 0 Å². The quantitative estimate of drug-likeness (QED) is 0.335. The summed E-state index contributed by atoms with van der Waals surface area (Å²) in [4.78, 5) is 24.0. The molecule has 0 amide bonds. The van der Waals surface area contributed by atoms with E-state index in [2.05, 4.69) is 41.5 Å². The van der Waals surface area contributed by atoms with Gasteiger partial charge in [0.25, 0.3) is 0 Å². The van der Waals surface area contributed by atoms with Crippen LogP contribution in [0.5, 0.6) is 0 Å². The van der Waals surface area contributed by atoms with Crippen LogP contribution in [-0.2, 0) is 18.8 Å². The molecule has 0 unspecified atom stereocenters. The Labute approximate surface area is 156 Å². The van der Waals surface area contributed by atoms with E-state index in [1.807, 2.05) is 13.8 Å². The first-order valence-electron chi connectivity index (χ1n) is 9.71. The van der Waals surface area contributed by atoms with Crippen LogP contribution in [0.4, 0.5) is 0 Å². The molecule has 0 aliphatic heterocycles. The number of hydrogen-bond donors (Lipinski definition) is 0. The smallest absolute Gasteiger partial charge is 0.311 e. The maximum atomic E-state index is 12.3. The number of ketones is 1. The van der Waals surface area contributed by atoms with Crippen molar-refractivity contribution < 1.29 is 18.8 Å². The lowest BCUT2D eigenvalue weighted by Crippen LogP contribution is -2.48. The van der Waals surface area contributed by atoms with Crippen molar-refractivity contribution in [2.24, 2.45) is 5.41 Å². The molecule has 0 heterocycles. The molecular formula is C20H40O4Si. The summed E-state index contributed by atoms with van der Waals surface area (Å²) in [6, 6.07) is 0. The Hall–Kier alpha value is -0.683. The number of rotatable bonds is 12. The Kier molecular flexibility index (Phi) is 10.2. The van der Waals surface area contributed by atoms with E-state index in [1.54, 1.807) is 0 Å². The molecule has 1 atom stereocenters. The van der Waals surface area contributed by atoms with Gasteiger partial charge in [-0.3, -0.25) is 9.59 Å². The highest BCUT2D eigenvalue weighted by molar-refractivity contribution is 6.77. The standard InChI is InChI=1S/C20H40O4Si/c1-10-18(21)11-12-20(8,19(22)23-9)13-14-24-25(15(2)3,16(4)5)17(6)7/h15-17H,10-14H2,1-9H3/t20-/m1/s1. The van der Waals surface area contributed by atoms with Crippen molar-refractivity contribution in [1.82, 2.24) is 0 Å². The van der Waals surface area contributed by atoms with Gasteiger partial charge in [-0.05, 0) is 36.4 Å². The number of esters is 1. The van der Waals surface area contributed by atoms with Gasteiger partial charge >= 0.3 is 5.97 Å². The topological polar surface area (TPSA) is 52.6 Å². The highest BCUT2D eigenvalue weighted by Gasteiger charge is 2.45. The van der Waals surface area contributed by atoms with Crippen LogP contribution in [-0.4, -0.2) is 33.8 Å². The van der Waals surface area contributed by atoms with Crippen molar-refractivity contribution in [3.8, 4) is 0 Å². The van der Waals surface area contributed by atoms with Crippen molar-refractivity contribution >= 4 is 20.1 Å². The molecule has 148 valence electrons. The summed E-state index contributed by atoms with van der Waals surface area (Å²) in [6.07, 6.45) is 2.05. The number of methoxy groups -OCH3 is 1. The predicted molar refractivity (Wildman–Crippen MR) is 106 cm³/mol. The van der Waals surface area contributed by atoms with Crippen molar-refractivity contribution in [1.29, 1.82) is 0 Å². The van der Waals surface area contributed by atoms with Crippen LogP contribution in [0.15, 0.2) is 0 Å². The Morgan fingerprint density at radius 3 is 1.80 bits per heavy atom. The van der Waals surface area contributed by atoms with E-state index >= 15 is 0 Å². The highest BCUT2D eigenvalue weighted by Crippen LogP contribution is 2.43. The van der Waals surface area contributed by atoms with Crippen molar-refractivity contribution in [2.75, 3.05) is 13.7 Å². The first kappa shape index (κ1) is 24.3. The summed E-state index contributed by atoms with van der Waals surface area (Å²) in [6.45, 7) is 17.8. The number of Topliss-reactive ketones (excluding diaryl/α,β-unsaturated/α-hetero) is 1. The van der Waals surface area contributed by atoms with Gasteiger partial charge in [0, 0.05) is 19.4 Å². The first-order chi connectivity index (χ1) is 11.5. The van der Waals surface area contributed by atoms with Gasteiger partial charge in [-0.2, -0.15) is 0 Å². The molecule has 0 aliphatic rings. The van der Waals surface area contributed by atoms with E-state index in [-0.39, 0.29) is 11.8 Å². The van der Waals surface area contributed by atoms with Crippen LogP contribution in [0.25, 0.3) is 0 Å². The fraction of sp³-hybridized carbons (Fsp3) is 0.900. The molecule has 0 N–H and O–H groups in total. The average molecular weight is 373 g/mol. The first-order valence-corrected chi connectivity index (χ1v) is 11.9. The molecule has 0 aliphatic carbocycles. The fourth-order valence-electron chi connectivity index (χ4n) is 4.12. The van der Waals surface area contributed by atoms with Gasteiger partial charge < -0.3 is 9.16 Å². The zero-order valence-corrected chi connectivity index (χ0v) is 18.9. The van der Waals surface area contributed by atoms with Crippen LogP contribution in [0.3, 0.4) is 0 Å². The predicted octanol–water partition coefficient (Wildman–Crippen LogP) is 5.51. The molecule has 0 bridgehead atoms. The van der Waals surface area contributed by atoms with Gasteiger partial charge in [0.2, 0.25) is 0 Å². The van der Waals surface area contributed by atoms with Gasteiger partial charge in [-0.15, -0.1) is 0 Å². The second kappa shape index (κ2) is 10.5. The maximum absolute atomic E-state index is 12.3. The molecule has 25 heavy (non-hydrogen) atoms. The van der Waals surface area contributed by atoms with E-state index in [9.17, 15) is 9.59 Å². The minimum Gasteiger partial charge on any atom is -0.469 e. The van der Waals surface area contributed by atoms with E-state index in [4.69, 9.17) is 9.16 Å². The Balaban J connectivity index is 5.15. The lowest BCUT2D eigenvalue weighted by atomic mass is 9.81. The minimum absolute atomic E-state index is 0.186. The van der Waals surface area contributed by atoms with E-state index in [0.717, 1.165) is 0 Å². The molecule has 0 rings (SSSR count). The zero-order valence-electron chi connectivity index (χ0n) is 17.9. The summed E-state index contributed by atoms with van der Waals surface area (Å²) in [5, 5.41) is 0. The molecule has 0 radical (unpaired) electrons. The van der Waals surface area contributed by atoms with Crippen molar-refractivity contribution in [2.45, 2.75) is 97.7 Å². The van der Waals surface area contributed by atoms with E-state index in [0.29, 0.717) is 48.9 Å². The lowest BCUT2D eigenvalue weighted by molar-refractivity contribution is -0.153. The Bertz CT molecular complexity index is 410.